The molecule has 3 aromatic carbocycles. The third-order valence-electron chi connectivity index (χ3n) is 5.33. The Morgan fingerprint density at radius 3 is 1.39 bits per heavy atom. The van der Waals surface area contributed by atoms with Crippen LogP contribution in [0.25, 0.3) is 0 Å². The fourth-order valence-corrected chi connectivity index (χ4v) is 3.68. The van der Waals surface area contributed by atoms with Crippen LogP contribution in [0.15, 0.2) is 72.8 Å². The number of hydrogen-bond acceptors (Lipinski definition) is 2. The average Bonchev–Trinajstić information content (AvgIpc) is 2.74. The van der Waals surface area contributed by atoms with Crippen molar-refractivity contribution in [1.82, 2.24) is 0 Å². The first-order chi connectivity index (χ1) is 13.6. The van der Waals surface area contributed by atoms with Gasteiger partial charge in [-0.1, -0.05) is 74.5 Å². The topological polar surface area (TPSA) is 34.1 Å². The second-order valence-corrected chi connectivity index (χ2v) is 7.60. The lowest BCUT2D eigenvalue weighted by Crippen LogP contribution is -2.02. The van der Waals surface area contributed by atoms with Crippen molar-refractivity contribution in [2.24, 2.45) is 0 Å². The Hall–Kier alpha value is -3.00. The summed E-state index contributed by atoms with van der Waals surface area (Å²) in [4.78, 5) is 21.9. The fraction of sp³-hybridized carbons (Fsp3) is 0.231. The van der Waals surface area contributed by atoms with Crippen molar-refractivity contribution in [2.45, 2.75) is 38.5 Å². The van der Waals surface area contributed by atoms with Gasteiger partial charge in [0.2, 0.25) is 0 Å². The summed E-state index contributed by atoms with van der Waals surface area (Å²) >= 11 is 0. The maximum Gasteiger partial charge on any atom is 0.150 e. The van der Waals surface area contributed by atoms with Gasteiger partial charge in [-0.3, -0.25) is 9.59 Å². The summed E-state index contributed by atoms with van der Waals surface area (Å²) in [5.74, 6) is 0.770. The Labute approximate surface area is 167 Å². The predicted octanol–water partition coefficient (Wildman–Crippen LogP) is 6.00. The standard InChI is InChI=1S/C26H26O2/c1-19(13-21-5-3-7-23(15-21)17-27)25-9-11-26(12-10-25)20(2)14-22-6-4-8-24(16-22)18-28/h3-12,15-20H,13-14H2,1-2H3. The summed E-state index contributed by atoms with van der Waals surface area (Å²) in [6.45, 7) is 4.44. The Morgan fingerprint density at radius 1 is 0.643 bits per heavy atom. The van der Waals surface area contributed by atoms with Gasteiger partial charge in [0.15, 0.2) is 0 Å². The van der Waals surface area contributed by atoms with E-state index in [1.54, 1.807) is 0 Å². The molecule has 3 aromatic rings. The molecule has 0 aliphatic rings. The van der Waals surface area contributed by atoms with Crippen molar-refractivity contribution in [2.75, 3.05) is 0 Å². The van der Waals surface area contributed by atoms with Crippen molar-refractivity contribution in [3.63, 3.8) is 0 Å². The van der Waals surface area contributed by atoms with Gasteiger partial charge < -0.3 is 0 Å². The zero-order chi connectivity index (χ0) is 19.9. The maximum absolute atomic E-state index is 11.0. The first-order valence-electron chi connectivity index (χ1n) is 9.77. The minimum Gasteiger partial charge on any atom is -0.298 e. The van der Waals surface area contributed by atoms with E-state index in [9.17, 15) is 9.59 Å². The van der Waals surface area contributed by atoms with Crippen LogP contribution in [0.5, 0.6) is 0 Å². The number of carbonyl (C=O) groups excluding carboxylic acids is 2. The quantitative estimate of drug-likeness (QED) is 0.455. The number of hydrogen-bond donors (Lipinski definition) is 0. The molecule has 0 radical (unpaired) electrons. The van der Waals surface area contributed by atoms with Crippen molar-refractivity contribution in [3.05, 3.63) is 106 Å². The first kappa shape index (κ1) is 19.8. The lowest BCUT2D eigenvalue weighted by atomic mass is 9.89. The second-order valence-electron chi connectivity index (χ2n) is 7.60. The SMILES string of the molecule is CC(Cc1cccc(C=O)c1)c1ccc(C(C)Cc2cccc(C=O)c2)cc1. The molecule has 0 fully saturated rings. The highest BCUT2D eigenvalue weighted by Crippen LogP contribution is 2.25. The van der Waals surface area contributed by atoms with Crippen LogP contribution in [0.3, 0.4) is 0 Å². The first-order valence-corrected chi connectivity index (χ1v) is 9.77. The van der Waals surface area contributed by atoms with Crippen LogP contribution in [-0.4, -0.2) is 12.6 Å². The summed E-state index contributed by atoms with van der Waals surface area (Å²) in [5, 5.41) is 0. The third kappa shape index (κ3) is 5.04. The number of carbonyl (C=O) groups is 2. The smallest absolute Gasteiger partial charge is 0.150 e. The predicted molar refractivity (Wildman–Crippen MR) is 114 cm³/mol. The minimum atomic E-state index is 0.385. The van der Waals surface area contributed by atoms with Crippen LogP contribution in [0, 0.1) is 0 Å². The summed E-state index contributed by atoms with van der Waals surface area (Å²) in [5.41, 5.74) is 6.43. The third-order valence-corrected chi connectivity index (χ3v) is 5.33. The molecule has 0 aliphatic carbocycles. The molecule has 0 amide bonds. The molecule has 2 atom stereocenters. The molecule has 142 valence electrons. The zero-order valence-corrected chi connectivity index (χ0v) is 16.5. The van der Waals surface area contributed by atoms with E-state index >= 15 is 0 Å². The lowest BCUT2D eigenvalue weighted by molar-refractivity contribution is 0.111. The molecule has 0 heterocycles. The molecule has 0 aliphatic heterocycles. The van der Waals surface area contributed by atoms with Crippen molar-refractivity contribution in [3.8, 4) is 0 Å². The second kappa shape index (κ2) is 9.27. The highest BCUT2D eigenvalue weighted by molar-refractivity contribution is 5.75. The fourth-order valence-electron chi connectivity index (χ4n) is 3.68. The van der Waals surface area contributed by atoms with Gasteiger partial charge in [-0.05, 0) is 59.1 Å². The van der Waals surface area contributed by atoms with E-state index in [1.807, 2.05) is 36.4 Å². The summed E-state index contributed by atoms with van der Waals surface area (Å²) in [6, 6.07) is 24.5. The molecule has 0 N–H and O–H groups in total. The van der Waals surface area contributed by atoms with Crippen LogP contribution < -0.4 is 0 Å². The van der Waals surface area contributed by atoms with Crippen LogP contribution in [0.4, 0.5) is 0 Å². The summed E-state index contributed by atoms with van der Waals surface area (Å²) in [6.07, 6.45) is 3.62. The monoisotopic (exact) mass is 370 g/mol. The van der Waals surface area contributed by atoms with Crippen molar-refractivity contribution in [1.29, 1.82) is 0 Å². The summed E-state index contributed by atoms with van der Waals surface area (Å²) < 4.78 is 0. The highest BCUT2D eigenvalue weighted by Gasteiger charge is 2.11. The van der Waals surface area contributed by atoms with Gasteiger partial charge in [0.25, 0.3) is 0 Å². The van der Waals surface area contributed by atoms with E-state index in [0.29, 0.717) is 11.8 Å². The van der Waals surface area contributed by atoms with Gasteiger partial charge in [0, 0.05) is 11.1 Å². The molecule has 28 heavy (non-hydrogen) atoms. The Bertz CT molecular complexity index is 862. The molecular weight excluding hydrogens is 344 g/mol. The van der Waals surface area contributed by atoms with Gasteiger partial charge in [-0.15, -0.1) is 0 Å². The molecule has 0 saturated carbocycles. The molecule has 0 bridgehead atoms. The molecule has 2 unspecified atom stereocenters. The highest BCUT2D eigenvalue weighted by atomic mass is 16.1. The maximum atomic E-state index is 11.0. The molecule has 2 nitrogen and oxygen atoms in total. The zero-order valence-electron chi connectivity index (χ0n) is 16.5. The van der Waals surface area contributed by atoms with Crippen LogP contribution in [-0.2, 0) is 12.8 Å². The molecule has 0 spiro atoms. The summed E-state index contributed by atoms with van der Waals surface area (Å²) in [7, 11) is 0. The van der Waals surface area contributed by atoms with Gasteiger partial charge in [0.1, 0.15) is 12.6 Å². The molecule has 0 saturated heterocycles. The Balaban J connectivity index is 1.66. The number of rotatable bonds is 8. The average molecular weight is 370 g/mol. The minimum absolute atomic E-state index is 0.385. The molecular formula is C26H26O2. The van der Waals surface area contributed by atoms with Gasteiger partial charge >= 0.3 is 0 Å². The number of benzene rings is 3. The molecule has 0 aromatic heterocycles. The van der Waals surface area contributed by atoms with Crippen LogP contribution in [0.2, 0.25) is 0 Å². The van der Waals surface area contributed by atoms with E-state index in [2.05, 4.69) is 50.2 Å². The molecule has 2 heteroatoms. The largest absolute Gasteiger partial charge is 0.298 e. The van der Waals surface area contributed by atoms with E-state index in [-0.39, 0.29) is 0 Å². The van der Waals surface area contributed by atoms with Gasteiger partial charge in [-0.25, -0.2) is 0 Å². The normalized spacial score (nSPS) is 12.9. The lowest BCUT2D eigenvalue weighted by Gasteiger charge is -2.16. The van der Waals surface area contributed by atoms with Crippen LogP contribution >= 0.6 is 0 Å². The van der Waals surface area contributed by atoms with Crippen molar-refractivity contribution < 1.29 is 9.59 Å². The van der Waals surface area contributed by atoms with E-state index < -0.39 is 0 Å². The van der Waals surface area contributed by atoms with Crippen molar-refractivity contribution >= 4 is 12.6 Å². The van der Waals surface area contributed by atoms with E-state index in [4.69, 9.17) is 0 Å². The number of aldehydes is 2. The Kier molecular flexibility index (Phi) is 6.54. The van der Waals surface area contributed by atoms with Gasteiger partial charge in [-0.2, -0.15) is 0 Å². The molecule has 3 rings (SSSR count). The Morgan fingerprint density at radius 2 is 1.04 bits per heavy atom. The van der Waals surface area contributed by atoms with E-state index in [1.165, 1.54) is 22.3 Å². The van der Waals surface area contributed by atoms with E-state index in [0.717, 1.165) is 36.5 Å². The van der Waals surface area contributed by atoms with Crippen LogP contribution in [0.1, 0.15) is 68.7 Å². The van der Waals surface area contributed by atoms with Gasteiger partial charge in [0.05, 0.1) is 0 Å².